The molecule has 0 radical (unpaired) electrons. The third-order valence-electron chi connectivity index (χ3n) is 3.18. The molecule has 0 unspecified atom stereocenters. The third kappa shape index (κ3) is 2.74. The zero-order valence-corrected chi connectivity index (χ0v) is 11.3. The first-order valence-corrected chi connectivity index (χ1v) is 7.28. The minimum Gasteiger partial charge on any atom is -0.392 e. The average Bonchev–Trinajstić information content (AvgIpc) is 3.21. The van der Waals surface area contributed by atoms with Crippen LogP contribution in [0, 0.1) is 0 Å². The van der Waals surface area contributed by atoms with Crippen LogP contribution in [-0.2, 0) is 12.4 Å². The molecule has 0 saturated heterocycles. The molecular weight excluding hydrogens is 260 g/mol. The monoisotopic (exact) mass is 276 g/mol. The highest BCUT2D eigenvalue weighted by Crippen LogP contribution is 2.39. The van der Waals surface area contributed by atoms with Crippen LogP contribution >= 0.6 is 11.8 Å². The number of aliphatic hydroxyl groups excluding tert-OH is 1. The van der Waals surface area contributed by atoms with Crippen molar-refractivity contribution < 1.29 is 5.11 Å². The zero-order chi connectivity index (χ0) is 13.2. The van der Waals surface area contributed by atoms with Crippen molar-refractivity contribution in [2.45, 2.75) is 36.4 Å². The van der Waals surface area contributed by atoms with Crippen LogP contribution in [0.3, 0.4) is 0 Å². The van der Waals surface area contributed by atoms with Gasteiger partial charge in [-0.25, -0.2) is 0 Å². The number of aromatic nitrogens is 3. The largest absolute Gasteiger partial charge is 0.392 e. The van der Waals surface area contributed by atoms with Crippen molar-refractivity contribution in [1.82, 2.24) is 14.8 Å². The van der Waals surface area contributed by atoms with Gasteiger partial charge < -0.3 is 10.8 Å². The Labute approximate surface area is 115 Å². The number of nitrogens with zero attached hydrogens (tertiary/aromatic N) is 3. The Morgan fingerprint density at radius 3 is 2.53 bits per heavy atom. The summed E-state index contributed by atoms with van der Waals surface area (Å²) >= 11 is 1.65. The van der Waals surface area contributed by atoms with Gasteiger partial charge in [0.1, 0.15) is 0 Å². The van der Waals surface area contributed by atoms with E-state index in [1.807, 2.05) is 28.8 Å². The van der Waals surface area contributed by atoms with Crippen LogP contribution < -0.4 is 5.73 Å². The molecule has 1 saturated carbocycles. The molecule has 100 valence electrons. The summed E-state index contributed by atoms with van der Waals surface area (Å²) in [6.07, 6.45) is 2.34. The Bertz CT molecular complexity index is 563. The van der Waals surface area contributed by atoms with Gasteiger partial charge in [-0.15, -0.1) is 10.2 Å². The van der Waals surface area contributed by atoms with Crippen LogP contribution in [0.25, 0.3) is 0 Å². The fourth-order valence-corrected chi connectivity index (χ4v) is 2.92. The molecule has 1 aliphatic carbocycles. The third-order valence-corrected chi connectivity index (χ3v) is 4.19. The molecule has 1 heterocycles. The normalized spacial score (nSPS) is 14.8. The Balaban J connectivity index is 1.68. The molecule has 0 bridgehead atoms. The van der Waals surface area contributed by atoms with Gasteiger partial charge in [0, 0.05) is 11.8 Å². The van der Waals surface area contributed by atoms with E-state index in [1.165, 1.54) is 18.4 Å². The van der Waals surface area contributed by atoms with Gasteiger partial charge in [-0.05, 0) is 24.0 Å². The topological polar surface area (TPSA) is 77.0 Å². The van der Waals surface area contributed by atoms with Crippen LogP contribution in [-0.4, -0.2) is 19.9 Å². The van der Waals surface area contributed by atoms with Crippen molar-refractivity contribution in [2.75, 3.05) is 5.73 Å². The van der Waals surface area contributed by atoms with E-state index >= 15 is 0 Å². The number of hydrogen-bond acceptors (Lipinski definition) is 5. The molecule has 0 atom stereocenters. The van der Waals surface area contributed by atoms with Crippen LogP contribution in [0.5, 0.6) is 0 Å². The molecule has 1 aromatic carbocycles. The van der Waals surface area contributed by atoms with Gasteiger partial charge in [-0.1, -0.05) is 36.0 Å². The highest BCUT2D eigenvalue weighted by atomic mass is 32.2. The minimum absolute atomic E-state index is 0.0833. The number of aliphatic hydroxyl groups is 1. The molecule has 0 spiro atoms. The molecule has 19 heavy (non-hydrogen) atoms. The SMILES string of the molecule is Nc1nnc(SCc2ccc(CO)cc2)n1C1CC1. The summed E-state index contributed by atoms with van der Waals surface area (Å²) in [5.74, 6) is 1.34. The molecule has 1 fully saturated rings. The van der Waals surface area contributed by atoms with E-state index in [0.717, 1.165) is 16.5 Å². The van der Waals surface area contributed by atoms with E-state index in [-0.39, 0.29) is 6.61 Å². The number of hydrogen-bond donors (Lipinski definition) is 2. The zero-order valence-electron chi connectivity index (χ0n) is 10.5. The number of nitrogens with two attached hydrogens (primary N) is 1. The maximum Gasteiger partial charge on any atom is 0.222 e. The lowest BCUT2D eigenvalue weighted by Gasteiger charge is -2.06. The second kappa shape index (κ2) is 5.22. The van der Waals surface area contributed by atoms with E-state index in [4.69, 9.17) is 10.8 Å². The highest BCUT2D eigenvalue weighted by molar-refractivity contribution is 7.98. The van der Waals surface area contributed by atoms with E-state index in [0.29, 0.717) is 12.0 Å². The fraction of sp³-hybridized carbons (Fsp3) is 0.385. The summed E-state index contributed by atoms with van der Waals surface area (Å²) in [4.78, 5) is 0. The number of rotatable bonds is 5. The summed E-state index contributed by atoms with van der Waals surface area (Å²) in [5.41, 5.74) is 7.97. The molecule has 0 amide bonds. The van der Waals surface area contributed by atoms with Gasteiger partial charge in [0.2, 0.25) is 5.95 Å². The maximum atomic E-state index is 9.00. The molecule has 1 aliphatic rings. The average molecular weight is 276 g/mol. The first-order chi connectivity index (χ1) is 9.28. The molecule has 0 aliphatic heterocycles. The van der Waals surface area contributed by atoms with Gasteiger partial charge in [-0.3, -0.25) is 4.57 Å². The first-order valence-electron chi connectivity index (χ1n) is 6.30. The van der Waals surface area contributed by atoms with Gasteiger partial charge in [0.15, 0.2) is 5.16 Å². The van der Waals surface area contributed by atoms with Crippen molar-refractivity contribution in [3.8, 4) is 0 Å². The van der Waals surface area contributed by atoms with E-state index in [2.05, 4.69) is 10.2 Å². The van der Waals surface area contributed by atoms with Crippen molar-refractivity contribution in [1.29, 1.82) is 0 Å². The predicted octanol–water partition coefficient (Wildman–Crippen LogP) is 1.98. The number of benzene rings is 1. The fourth-order valence-electron chi connectivity index (χ4n) is 1.95. The lowest BCUT2D eigenvalue weighted by molar-refractivity contribution is 0.282. The van der Waals surface area contributed by atoms with Crippen molar-refractivity contribution in [2.24, 2.45) is 0 Å². The second-order valence-corrected chi connectivity index (χ2v) is 5.65. The molecular formula is C13H16N4OS. The summed E-state index contributed by atoms with van der Waals surface area (Å²) in [7, 11) is 0. The van der Waals surface area contributed by atoms with Gasteiger partial charge in [0.05, 0.1) is 6.61 Å². The summed E-state index contributed by atoms with van der Waals surface area (Å²) in [6.45, 7) is 0.0833. The van der Waals surface area contributed by atoms with E-state index in [9.17, 15) is 0 Å². The van der Waals surface area contributed by atoms with Gasteiger partial charge in [0.25, 0.3) is 0 Å². The molecule has 6 heteroatoms. The highest BCUT2D eigenvalue weighted by Gasteiger charge is 2.28. The van der Waals surface area contributed by atoms with Crippen molar-refractivity contribution in [3.63, 3.8) is 0 Å². The lowest BCUT2D eigenvalue weighted by Crippen LogP contribution is -2.02. The van der Waals surface area contributed by atoms with Crippen LogP contribution in [0.2, 0.25) is 0 Å². The summed E-state index contributed by atoms with van der Waals surface area (Å²) in [5, 5.41) is 18.0. The van der Waals surface area contributed by atoms with Crippen LogP contribution in [0.1, 0.15) is 30.0 Å². The van der Waals surface area contributed by atoms with Gasteiger partial charge in [-0.2, -0.15) is 0 Å². The Kier molecular flexibility index (Phi) is 3.44. The second-order valence-electron chi connectivity index (χ2n) is 4.71. The molecule has 5 nitrogen and oxygen atoms in total. The lowest BCUT2D eigenvalue weighted by atomic mass is 10.2. The van der Waals surface area contributed by atoms with Crippen LogP contribution in [0.15, 0.2) is 29.4 Å². The summed E-state index contributed by atoms with van der Waals surface area (Å²) < 4.78 is 2.03. The van der Waals surface area contributed by atoms with E-state index in [1.54, 1.807) is 11.8 Å². The molecule has 1 aromatic heterocycles. The Morgan fingerprint density at radius 1 is 1.21 bits per heavy atom. The Morgan fingerprint density at radius 2 is 1.89 bits per heavy atom. The number of thioether (sulfide) groups is 1. The summed E-state index contributed by atoms with van der Waals surface area (Å²) in [6, 6.07) is 8.43. The smallest absolute Gasteiger partial charge is 0.222 e. The quantitative estimate of drug-likeness (QED) is 0.817. The predicted molar refractivity (Wildman–Crippen MR) is 74.6 cm³/mol. The molecule has 3 N–H and O–H groups in total. The minimum atomic E-state index is 0.0833. The maximum absolute atomic E-state index is 9.00. The van der Waals surface area contributed by atoms with Crippen molar-refractivity contribution >= 4 is 17.7 Å². The Hall–Kier alpha value is -1.53. The number of nitrogen functional groups attached to an aromatic ring is 1. The van der Waals surface area contributed by atoms with E-state index < -0.39 is 0 Å². The first kappa shape index (κ1) is 12.5. The molecule has 3 rings (SSSR count). The molecule has 2 aromatic rings. The van der Waals surface area contributed by atoms with Crippen molar-refractivity contribution in [3.05, 3.63) is 35.4 Å². The standard InChI is InChI=1S/C13H16N4OS/c14-12-15-16-13(17(12)11-5-6-11)19-8-10-3-1-9(7-18)2-4-10/h1-4,11,18H,5-8H2,(H2,14,15). The van der Waals surface area contributed by atoms with Gasteiger partial charge >= 0.3 is 0 Å². The number of anilines is 1. The van der Waals surface area contributed by atoms with Crippen LogP contribution in [0.4, 0.5) is 5.95 Å².